The molecular formula is C19H14ClN5O3S. The highest BCUT2D eigenvalue weighted by atomic mass is 35.5. The Morgan fingerprint density at radius 3 is 2.55 bits per heavy atom. The number of hydrogen-bond donors (Lipinski definition) is 0. The van der Waals surface area contributed by atoms with E-state index in [2.05, 4.69) is 19.9 Å². The Hall–Kier alpha value is -3.30. The van der Waals surface area contributed by atoms with Crippen LogP contribution in [0.2, 0.25) is 5.15 Å². The second-order valence-corrected chi connectivity index (χ2v) is 8.07. The first kappa shape index (κ1) is 19.0. The van der Waals surface area contributed by atoms with E-state index in [1.807, 2.05) is 0 Å². The van der Waals surface area contributed by atoms with Gasteiger partial charge in [0, 0.05) is 36.1 Å². The van der Waals surface area contributed by atoms with Gasteiger partial charge in [-0.1, -0.05) is 17.7 Å². The van der Waals surface area contributed by atoms with Crippen LogP contribution in [0.15, 0.2) is 72.4 Å². The Bertz CT molecular complexity index is 1290. The minimum absolute atomic E-state index is 0.0758. The molecule has 0 unspecified atom stereocenters. The van der Waals surface area contributed by atoms with Crippen molar-refractivity contribution in [1.29, 1.82) is 0 Å². The lowest BCUT2D eigenvalue weighted by Gasteiger charge is -2.24. The highest BCUT2D eigenvalue weighted by Crippen LogP contribution is 2.38. The van der Waals surface area contributed by atoms with Crippen molar-refractivity contribution in [2.24, 2.45) is 0 Å². The minimum atomic E-state index is -4.08. The van der Waals surface area contributed by atoms with E-state index in [1.165, 1.54) is 44.0 Å². The Morgan fingerprint density at radius 1 is 0.966 bits per heavy atom. The molecule has 0 aliphatic carbocycles. The van der Waals surface area contributed by atoms with Crippen LogP contribution in [0.25, 0.3) is 10.8 Å². The molecule has 29 heavy (non-hydrogen) atoms. The van der Waals surface area contributed by atoms with Crippen LogP contribution in [0, 0.1) is 0 Å². The third-order valence-electron chi connectivity index (χ3n) is 4.18. The summed E-state index contributed by atoms with van der Waals surface area (Å²) >= 11 is 5.95. The van der Waals surface area contributed by atoms with Crippen LogP contribution >= 0.6 is 11.6 Å². The summed E-state index contributed by atoms with van der Waals surface area (Å²) in [5, 5.41) is 1.74. The van der Waals surface area contributed by atoms with E-state index in [9.17, 15) is 8.42 Å². The average molecular weight is 428 g/mol. The largest absolute Gasteiger partial charge is 0.494 e. The molecule has 1 aromatic carbocycles. The number of hydrogen-bond acceptors (Lipinski definition) is 7. The van der Waals surface area contributed by atoms with Gasteiger partial charge in [0.1, 0.15) is 22.9 Å². The Kier molecular flexibility index (Phi) is 4.99. The van der Waals surface area contributed by atoms with Gasteiger partial charge >= 0.3 is 0 Å². The first-order valence-electron chi connectivity index (χ1n) is 8.35. The Morgan fingerprint density at radius 2 is 1.79 bits per heavy atom. The number of nitrogens with zero attached hydrogens (tertiary/aromatic N) is 5. The molecule has 0 spiro atoms. The summed E-state index contributed by atoms with van der Waals surface area (Å²) in [6.45, 7) is 0. The molecule has 0 radical (unpaired) electrons. The van der Waals surface area contributed by atoms with Gasteiger partial charge in [-0.2, -0.15) is 0 Å². The first-order chi connectivity index (χ1) is 14.0. The maximum atomic E-state index is 13.7. The molecule has 4 rings (SSSR count). The predicted molar refractivity (Wildman–Crippen MR) is 109 cm³/mol. The minimum Gasteiger partial charge on any atom is -0.494 e. The number of rotatable bonds is 5. The maximum Gasteiger partial charge on any atom is 0.270 e. The van der Waals surface area contributed by atoms with Crippen LogP contribution in [0.3, 0.4) is 0 Å². The van der Waals surface area contributed by atoms with E-state index >= 15 is 0 Å². The topological polar surface area (TPSA) is 98.2 Å². The molecule has 0 saturated heterocycles. The van der Waals surface area contributed by atoms with Gasteiger partial charge in [-0.15, -0.1) is 0 Å². The van der Waals surface area contributed by atoms with Gasteiger partial charge in [-0.25, -0.2) is 27.7 Å². The van der Waals surface area contributed by atoms with Crippen LogP contribution in [0.1, 0.15) is 0 Å². The fourth-order valence-corrected chi connectivity index (χ4v) is 4.45. The molecule has 0 fully saturated rings. The third kappa shape index (κ3) is 3.57. The van der Waals surface area contributed by atoms with Gasteiger partial charge in [-0.3, -0.25) is 4.98 Å². The number of aromatic nitrogens is 4. The van der Waals surface area contributed by atoms with Crippen molar-refractivity contribution in [3.63, 3.8) is 0 Å². The number of sulfonamides is 1. The van der Waals surface area contributed by atoms with Gasteiger partial charge in [-0.05, 0) is 23.6 Å². The summed E-state index contributed by atoms with van der Waals surface area (Å²) in [6, 6.07) is 9.46. The molecule has 146 valence electrons. The van der Waals surface area contributed by atoms with Crippen LogP contribution in [0.4, 0.5) is 11.5 Å². The lowest BCUT2D eigenvalue weighted by atomic mass is 10.2. The normalized spacial score (nSPS) is 11.4. The van der Waals surface area contributed by atoms with Gasteiger partial charge in [0.2, 0.25) is 0 Å². The quantitative estimate of drug-likeness (QED) is 0.448. The summed E-state index contributed by atoms with van der Waals surface area (Å²) in [5.74, 6) is 0.370. The number of ether oxygens (including phenoxy) is 1. The Labute approximate surface area is 171 Å². The molecule has 0 aliphatic heterocycles. The molecule has 0 bridgehead atoms. The lowest BCUT2D eigenvalue weighted by molar-refractivity contribution is 0.415. The van der Waals surface area contributed by atoms with Crippen molar-refractivity contribution in [3.8, 4) is 5.75 Å². The maximum absolute atomic E-state index is 13.7. The van der Waals surface area contributed by atoms with E-state index in [-0.39, 0.29) is 27.3 Å². The van der Waals surface area contributed by atoms with Gasteiger partial charge in [0.15, 0.2) is 5.82 Å². The third-order valence-corrected chi connectivity index (χ3v) is 6.10. The van der Waals surface area contributed by atoms with Crippen LogP contribution in [-0.4, -0.2) is 35.5 Å². The molecule has 8 nitrogen and oxygen atoms in total. The SMILES string of the molecule is COc1cc(Cl)ncc1N(c1ccncn1)S(=O)(=O)c1ccc2cnccc2c1. The Balaban J connectivity index is 1.95. The second kappa shape index (κ2) is 7.61. The van der Waals surface area contributed by atoms with Crippen LogP contribution in [0.5, 0.6) is 5.75 Å². The number of pyridine rings is 2. The van der Waals surface area contributed by atoms with Gasteiger partial charge in [0.25, 0.3) is 10.0 Å². The number of fused-ring (bicyclic) bond motifs is 1. The molecule has 10 heteroatoms. The zero-order valence-electron chi connectivity index (χ0n) is 15.1. The number of benzene rings is 1. The van der Waals surface area contributed by atoms with Crippen molar-refractivity contribution in [2.45, 2.75) is 4.90 Å². The smallest absolute Gasteiger partial charge is 0.270 e. The van der Waals surface area contributed by atoms with E-state index in [0.717, 1.165) is 15.1 Å². The second-order valence-electron chi connectivity index (χ2n) is 5.90. The highest BCUT2D eigenvalue weighted by molar-refractivity contribution is 7.93. The van der Waals surface area contributed by atoms with Crippen molar-refractivity contribution >= 4 is 43.9 Å². The van der Waals surface area contributed by atoms with Crippen molar-refractivity contribution in [2.75, 3.05) is 11.4 Å². The fraction of sp³-hybridized carbons (Fsp3) is 0.0526. The van der Waals surface area contributed by atoms with Gasteiger partial charge < -0.3 is 4.74 Å². The molecule has 3 heterocycles. The van der Waals surface area contributed by atoms with Crippen molar-refractivity contribution in [3.05, 3.63) is 72.7 Å². The molecule has 0 aliphatic rings. The highest BCUT2D eigenvalue weighted by Gasteiger charge is 2.30. The first-order valence-corrected chi connectivity index (χ1v) is 10.2. The van der Waals surface area contributed by atoms with Gasteiger partial charge in [0.05, 0.1) is 18.2 Å². The number of halogens is 1. The molecule has 3 aromatic heterocycles. The lowest BCUT2D eigenvalue weighted by Crippen LogP contribution is -2.27. The monoisotopic (exact) mass is 427 g/mol. The van der Waals surface area contributed by atoms with E-state index in [4.69, 9.17) is 16.3 Å². The molecular weight excluding hydrogens is 414 g/mol. The molecule has 0 N–H and O–H groups in total. The zero-order valence-corrected chi connectivity index (χ0v) is 16.7. The average Bonchev–Trinajstić information content (AvgIpc) is 2.75. The summed E-state index contributed by atoms with van der Waals surface area (Å²) in [4.78, 5) is 16.1. The van der Waals surface area contributed by atoms with E-state index in [0.29, 0.717) is 0 Å². The van der Waals surface area contributed by atoms with Crippen molar-refractivity contribution in [1.82, 2.24) is 19.9 Å². The summed E-state index contributed by atoms with van der Waals surface area (Å²) in [7, 11) is -2.66. The summed E-state index contributed by atoms with van der Waals surface area (Å²) < 4.78 is 33.7. The molecule has 0 saturated carbocycles. The number of methoxy groups -OCH3 is 1. The molecule has 4 aromatic rings. The van der Waals surface area contributed by atoms with E-state index < -0.39 is 10.0 Å². The number of anilines is 2. The van der Waals surface area contributed by atoms with Crippen LogP contribution < -0.4 is 9.04 Å². The predicted octanol–water partition coefficient (Wildman–Crippen LogP) is 3.61. The molecule has 0 atom stereocenters. The van der Waals surface area contributed by atoms with Crippen molar-refractivity contribution < 1.29 is 13.2 Å². The summed E-state index contributed by atoms with van der Waals surface area (Å²) in [6.07, 6.45) is 7.31. The van der Waals surface area contributed by atoms with E-state index in [1.54, 1.807) is 30.6 Å². The zero-order chi connectivity index (χ0) is 20.4. The molecule has 0 amide bonds. The summed E-state index contributed by atoms with van der Waals surface area (Å²) in [5.41, 5.74) is 0.172. The van der Waals surface area contributed by atoms with Crippen LogP contribution in [-0.2, 0) is 10.0 Å². The standard InChI is InChI=1S/C19H14ClN5O3S/c1-28-17-9-18(20)23-11-16(17)25(19-5-7-22-12-24-19)29(26,27)15-3-2-14-10-21-6-4-13(14)8-15/h2-12H,1H3. The fourth-order valence-electron chi connectivity index (χ4n) is 2.83.